The fraction of sp³-hybridized carbons (Fsp3) is 0.533. The van der Waals surface area contributed by atoms with Gasteiger partial charge in [-0.3, -0.25) is 0 Å². The number of halogens is 1. The first kappa shape index (κ1) is 15.2. The molecule has 1 aromatic rings. The van der Waals surface area contributed by atoms with E-state index in [0.29, 0.717) is 5.92 Å². The molecule has 1 rings (SSSR count). The van der Waals surface area contributed by atoms with Gasteiger partial charge in [-0.2, -0.15) is 5.26 Å². The van der Waals surface area contributed by atoms with E-state index in [2.05, 4.69) is 58.1 Å². The summed E-state index contributed by atoms with van der Waals surface area (Å²) in [5, 5.41) is 9.85. The molecule has 0 spiro atoms. The Balaban J connectivity index is 2.64. The number of hydrogen-bond donors (Lipinski definition) is 0. The van der Waals surface area contributed by atoms with E-state index in [9.17, 15) is 0 Å². The van der Waals surface area contributed by atoms with Crippen LogP contribution in [-0.4, -0.2) is 29.9 Å². The Hall–Kier alpha value is -0.850. The number of nitriles is 1. The minimum atomic E-state index is 0.0942. The maximum absolute atomic E-state index is 8.90. The summed E-state index contributed by atoms with van der Waals surface area (Å²) >= 11 is 3.60. The first-order valence-corrected chi connectivity index (χ1v) is 7.56. The molecule has 2 nitrogen and oxygen atoms in total. The average Bonchev–Trinajstić information content (AvgIpc) is 2.43. The van der Waals surface area contributed by atoms with Crippen LogP contribution < -0.4 is 0 Å². The molecule has 0 aliphatic rings. The summed E-state index contributed by atoms with van der Waals surface area (Å²) < 4.78 is 0. The van der Waals surface area contributed by atoms with E-state index in [-0.39, 0.29) is 5.92 Å². The van der Waals surface area contributed by atoms with Crippen LogP contribution >= 0.6 is 15.9 Å². The fourth-order valence-electron chi connectivity index (χ4n) is 2.04. The predicted molar refractivity (Wildman–Crippen MR) is 79.9 cm³/mol. The lowest BCUT2D eigenvalue weighted by Crippen LogP contribution is -2.32. The molecule has 0 saturated carbocycles. The average molecular weight is 309 g/mol. The fourth-order valence-corrected chi connectivity index (χ4v) is 2.62. The molecule has 0 bridgehead atoms. The van der Waals surface area contributed by atoms with Gasteiger partial charge >= 0.3 is 0 Å². The van der Waals surface area contributed by atoms with E-state index in [0.717, 1.165) is 25.0 Å². The van der Waals surface area contributed by atoms with Crippen LogP contribution in [-0.2, 0) is 0 Å². The third kappa shape index (κ3) is 4.80. The lowest BCUT2D eigenvalue weighted by Gasteiger charge is -2.26. The van der Waals surface area contributed by atoms with Gasteiger partial charge in [0.15, 0.2) is 0 Å². The normalized spacial score (nSPS) is 14.2. The summed E-state index contributed by atoms with van der Waals surface area (Å²) in [6, 6.07) is 12.9. The van der Waals surface area contributed by atoms with E-state index in [1.54, 1.807) is 0 Å². The Morgan fingerprint density at radius 3 is 2.44 bits per heavy atom. The molecule has 2 unspecified atom stereocenters. The second kappa shape index (κ2) is 8.29. The lowest BCUT2D eigenvalue weighted by molar-refractivity contribution is 0.257. The zero-order valence-corrected chi connectivity index (χ0v) is 12.7. The van der Waals surface area contributed by atoms with Crippen molar-refractivity contribution in [3.63, 3.8) is 0 Å². The van der Waals surface area contributed by atoms with Crippen LogP contribution in [0.15, 0.2) is 30.3 Å². The maximum atomic E-state index is 8.90. The van der Waals surface area contributed by atoms with Crippen molar-refractivity contribution in [2.45, 2.75) is 19.8 Å². The van der Waals surface area contributed by atoms with E-state index < -0.39 is 0 Å². The van der Waals surface area contributed by atoms with Gasteiger partial charge in [0.2, 0.25) is 0 Å². The van der Waals surface area contributed by atoms with E-state index in [1.165, 1.54) is 5.56 Å². The number of likely N-dealkylation sites (N-methyl/N-ethyl adjacent to an activating group) is 1. The van der Waals surface area contributed by atoms with Crippen LogP contribution in [0.3, 0.4) is 0 Å². The van der Waals surface area contributed by atoms with Gasteiger partial charge in [-0.05, 0) is 19.0 Å². The van der Waals surface area contributed by atoms with Crippen molar-refractivity contribution >= 4 is 15.9 Å². The molecule has 0 aliphatic heterocycles. The molecule has 1 aromatic carbocycles. The number of nitrogens with zero attached hydrogens (tertiary/aromatic N) is 2. The van der Waals surface area contributed by atoms with Gasteiger partial charge in [-0.1, -0.05) is 53.2 Å². The highest BCUT2D eigenvalue weighted by Crippen LogP contribution is 2.19. The minimum absolute atomic E-state index is 0.0942. The van der Waals surface area contributed by atoms with Crippen LogP contribution in [0.25, 0.3) is 0 Å². The van der Waals surface area contributed by atoms with Gasteiger partial charge in [0.1, 0.15) is 0 Å². The highest BCUT2D eigenvalue weighted by atomic mass is 79.9. The highest BCUT2D eigenvalue weighted by Gasteiger charge is 2.15. The molecule has 0 aliphatic carbocycles. The van der Waals surface area contributed by atoms with Gasteiger partial charge in [0.25, 0.3) is 0 Å². The summed E-state index contributed by atoms with van der Waals surface area (Å²) in [6.07, 6.45) is 0. The maximum Gasteiger partial charge on any atom is 0.0666 e. The molecule has 0 N–H and O–H groups in total. The predicted octanol–water partition coefficient (Wildman–Crippen LogP) is 3.65. The van der Waals surface area contributed by atoms with Crippen molar-refractivity contribution in [2.75, 3.05) is 25.0 Å². The van der Waals surface area contributed by atoms with Gasteiger partial charge in [0.05, 0.1) is 12.0 Å². The molecular formula is C15H21BrN2. The third-order valence-electron chi connectivity index (χ3n) is 3.14. The first-order chi connectivity index (χ1) is 8.71. The lowest BCUT2D eigenvalue weighted by atomic mass is 10.0. The Bertz CT molecular complexity index is 372. The first-order valence-electron chi connectivity index (χ1n) is 6.44. The van der Waals surface area contributed by atoms with Crippen LogP contribution in [0.1, 0.15) is 25.3 Å². The summed E-state index contributed by atoms with van der Waals surface area (Å²) in [4.78, 5) is 2.35. The van der Waals surface area contributed by atoms with E-state index >= 15 is 0 Å². The van der Waals surface area contributed by atoms with Gasteiger partial charge in [0, 0.05) is 24.3 Å². The summed E-state index contributed by atoms with van der Waals surface area (Å²) in [7, 11) is 0. The topological polar surface area (TPSA) is 27.0 Å². The molecule has 98 valence electrons. The molecule has 0 saturated heterocycles. The molecule has 0 heterocycles. The highest BCUT2D eigenvalue weighted by molar-refractivity contribution is 9.09. The van der Waals surface area contributed by atoms with E-state index in [4.69, 9.17) is 5.26 Å². The number of alkyl halides is 1. The number of hydrogen-bond acceptors (Lipinski definition) is 2. The zero-order valence-electron chi connectivity index (χ0n) is 11.1. The number of rotatable bonds is 7. The minimum Gasteiger partial charge on any atom is -0.302 e. The van der Waals surface area contributed by atoms with Crippen molar-refractivity contribution in [1.29, 1.82) is 5.26 Å². The molecule has 0 fully saturated rings. The van der Waals surface area contributed by atoms with Crippen molar-refractivity contribution in [3.05, 3.63) is 35.9 Å². The summed E-state index contributed by atoms with van der Waals surface area (Å²) in [6.45, 7) is 6.97. The molecule has 0 radical (unpaired) electrons. The van der Waals surface area contributed by atoms with Gasteiger partial charge in [-0.15, -0.1) is 0 Å². The Labute approximate surface area is 119 Å². The van der Waals surface area contributed by atoms with Gasteiger partial charge in [-0.25, -0.2) is 0 Å². The third-order valence-corrected chi connectivity index (χ3v) is 3.92. The molecule has 3 heteroatoms. The van der Waals surface area contributed by atoms with Crippen molar-refractivity contribution in [1.82, 2.24) is 4.90 Å². The molecule has 0 aromatic heterocycles. The van der Waals surface area contributed by atoms with Crippen molar-refractivity contribution in [3.8, 4) is 6.07 Å². The molecular weight excluding hydrogens is 288 g/mol. The van der Waals surface area contributed by atoms with Gasteiger partial charge < -0.3 is 4.90 Å². The van der Waals surface area contributed by atoms with Crippen LogP contribution in [0.2, 0.25) is 0 Å². The molecule has 0 amide bonds. The summed E-state index contributed by atoms with van der Waals surface area (Å²) in [5.74, 6) is 0.578. The van der Waals surface area contributed by atoms with E-state index in [1.807, 2.05) is 13.0 Å². The Morgan fingerprint density at radius 1 is 1.28 bits per heavy atom. The smallest absolute Gasteiger partial charge is 0.0666 e. The SMILES string of the molecule is CCN(CC(C)C#N)CC(CBr)c1ccccc1. The number of benzene rings is 1. The van der Waals surface area contributed by atoms with Crippen LogP contribution in [0.4, 0.5) is 0 Å². The second-order valence-electron chi connectivity index (χ2n) is 4.64. The van der Waals surface area contributed by atoms with Crippen molar-refractivity contribution in [2.24, 2.45) is 5.92 Å². The van der Waals surface area contributed by atoms with Crippen LogP contribution in [0.5, 0.6) is 0 Å². The quantitative estimate of drug-likeness (QED) is 0.719. The molecule has 2 atom stereocenters. The summed E-state index contributed by atoms with van der Waals surface area (Å²) in [5.41, 5.74) is 1.36. The van der Waals surface area contributed by atoms with Crippen molar-refractivity contribution < 1.29 is 0 Å². The zero-order chi connectivity index (χ0) is 13.4. The standard InChI is InChI=1S/C15H21BrN2/c1-3-18(11-13(2)10-17)12-15(9-16)14-7-5-4-6-8-14/h4-8,13,15H,3,9,11-12H2,1-2H3. The largest absolute Gasteiger partial charge is 0.302 e. The Morgan fingerprint density at radius 2 is 1.94 bits per heavy atom. The van der Waals surface area contributed by atoms with Crippen LogP contribution in [0, 0.1) is 17.2 Å². The second-order valence-corrected chi connectivity index (χ2v) is 5.29. The molecule has 18 heavy (non-hydrogen) atoms. The monoisotopic (exact) mass is 308 g/mol. The Kier molecular flexibility index (Phi) is 7.00.